The van der Waals surface area contributed by atoms with Crippen molar-refractivity contribution in [1.29, 1.82) is 5.26 Å². The molecule has 21 heteroatoms. The van der Waals surface area contributed by atoms with Crippen LogP contribution in [0.1, 0.15) is 82.6 Å². The van der Waals surface area contributed by atoms with E-state index in [2.05, 4.69) is 38.0 Å². The van der Waals surface area contributed by atoms with E-state index in [0.717, 1.165) is 9.80 Å². The lowest BCUT2D eigenvalue weighted by atomic mass is 9.94. The summed E-state index contributed by atoms with van der Waals surface area (Å²) in [5, 5.41) is 36.9. The van der Waals surface area contributed by atoms with Crippen molar-refractivity contribution in [2.75, 3.05) is 7.05 Å². The maximum absolute atomic E-state index is 15.1. The van der Waals surface area contributed by atoms with Crippen LogP contribution in [0.25, 0.3) is 0 Å². The van der Waals surface area contributed by atoms with Crippen molar-refractivity contribution in [3.63, 3.8) is 0 Å². The van der Waals surface area contributed by atoms with Crippen LogP contribution < -0.4 is 31.9 Å². The molecule has 3 aliphatic rings. The van der Waals surface area contributed by atoms with Crippen molar-refractivity contribution in [3.05, 3.63) is 107 Å². The third-order valence-corrected chi connectivity index (χ3v) is 13.3. The normalized spacial score (nSPS) is 25.0. The molecule has 0 radical (unpaired) electrons. The Morgan fingerprint density at radius 1 is 0.743 bits per heavy atom. The Bertz CT molecular complexity index is 2590. The quantitative estimate of drug-likeness (QED) is 0.119. The van der Waals surface area contributed by atoms with Crippen molar-refractivity contribution in [2.45, 2.75) is 140 Å². The molecule has 0 aromatic heterocycles. The highest BCUT2D eigenvalue weighted by Gasteiger charge is 2.47. The summed E-state index contributed by atoms with van der Waals surface area (Å²) in [7, 11) is 1.37. The second-order valence-corrected chi connectivity index (χ2v) is 19.4. The van der Waals surface area contributed by atoms with E-state index in [1.165, 1.54) is 33.9 Å². The first-order valence-corrected chi connectivity index (χ1v) is 24.8. The van der Waals surface area contributed by atoms with Gasteiger partial charge in [-0.3, -0.25) is 33.6 Å². The van der Waals surface area contributed by atoms with Gasteiger partial charge < -0.3 is 56.3 Å². The predicted molar refractivity (Wildman–Crippen MR) is 265 cm³/mol. The van der Waals surface area contributed by atoms with Crippen LogP contribution in [0.2, 0.25) is 0 Å². The van der Waals surface area contributed by atoms with E-state index < -0.39 is 126 Å². The van der Waals surface area contributed by atoms with E-state index in [1.54, 1.807) is 92.7 Å². The standard InChI is InChI=1S/C53H65N9O12/c1-29(2)42-52(71)74-32(5)43(59-46(65)30(3)55-45(64)31(4)56-53(72)73-28-34-16-11-8-12-17-34)48(67)60-44(37-20-21-37)49(68)57-38-22-23-41(63)62(50(38)69)40(26-35-18-13-19-36(24-35)27-54)51(70)61(6)39(47(66)58-42)25-33-14-9-7-10-15-33/h7-19,24,29-32,37-44,63H,20-23,25-26,28H2,1-6H3,(H,55,64)(H,56,72)(H,57,68)(H,58,66)(H,59,65)(H,60,67)/t30-,31-,32+,38-,39-,40-,41+,42-,43-,44-/m0/s1. The topological polar surface area (TPSA) is 295 Å². The van der Waals surface area contributed by atoms with Crippen LogP contribution >= 0.6 is 0 Å². The van der Waals surface area contributed by atoms with Gasteiger partial charge in [0.2, 0.25) is 41.4 Å². The summed E-state index contributed by atoms with van der Waals surface area (Å²) >= 11 is 0. The highest BCUT2D eigenvalue weighted by atomic mass is 16.6. The summed E-state index contributed by atoms with van der Waals surface area (Å²) in [5.41, 5.74) is 2.07. The predicted octanol–water partition coefficient (Wildman–Crippen LogP) is 1.25. The summed E-state index contributed by atoms with van der Waals surface area (Å²) in [5.74, 6) is -7.90. The first-order chi connectivity index (χ1) is 35.3. The maximum atomic E-state index is 15.1. The fourth-order valence-electron chi connectivity index (χ4n) is 8.82. The average Bonchev–Trinajstić information content (AvgIpc) is 4.23. The van der Waals surface area contributed by atoms with Gasteiger partial charge in [-0.2, -0.15) is 5.26 Å². The second-order valence-electron chi connectivity index (χ2n) is 19.4. The summed E-state index contributed by atoms with van der Waals surface area (Å²) in [6.45, 7) is 7.22. The van der Waals surface area contributed by atoms with Gasteiger partial charge in [0.1, 0.15) is 67.3 Å². The summed E-state index contributed by atoms with van der Waals surface area (Å²) in [6.07, 6.45) is -3.32. The number of alkyl carbamates (subject to hydrolysis) is 1. The lowest BCUT2D eigenvalue weighted by Crippen LogP contribution is -2.65. The molecule has 8 amide bonds. The fourth-order valence-corrected chi connectivity index (χ4v) is 8.82. The van der Waals surface area contributed by atoms with Crippen LogP contribution in [0.5, 0.6) is 0 Å². The Morgan fingerprint density at radius 2 is 1.36 bits per heavy atom. The van der Waals surface area contributed by atoms with Crippen molar-refractivity contribution < 1.29 is 57.7 Å². The molecule has 2 aliphatic heterocycles. The second kappa shape index (κ2) is 25.2. The number of ether oxygens (including phenoxy) is 2. The molecule has 3 fully saturated rings. The van der Waals surface area contributed by atoms with E-state index in [0.29, 0.717) is 29.5 Å². The molecule has 1 saturated carbocycles. The molecule has 0 spiro atoms. The van der Waals surface area contributed by atoms with E-state index in [-0.39, 0.29) is 37.9 Å². The smallest absolute Gasteiger partial charge is 0.408 e. The Hall–Kier alpha value is -7.86. The van der Waals surface area contributed by atoms with E-state index >= 15 is 4.79 Å². The number of rotatable bonds is 13. The Morgan fingerprint density at radius 3 is 2.00 bits per heavy atom. The number of hydrogen-bond acceptors (Lipinski definition) is 13. The zero-order valence-electron chi connectivity index (χ0n) is 42.2. The summed E-state index contributed by atoms with van der Waals surface area (Å²) < 4.78 is 11.1. The first-order valence-electron chi connectivity index (χ1n) is 24.8. The lowest BCUT2D eigenvalue weighted by molar-refractivity contribution is -0.165. The molecule has 2 bridgehead atoms. The maximum Gasteiger partial charge on any atom is 0.408 e. The molecule has 2 saturated heterocycles. The number of aliphatic hydroxyl groups is 1. The Kier molecular flexibility index (Phi) is 18.9. The molecule has 10 atom stereocenters. The third kappa shape index (κ3) is 14.4. The number of hydrogen-bond donors (Lipinski definition) is 7. The SMILES string of the molecule is CC(C)[C@@H]1NC(=O)[C@H](Cc2ccccc2)N(C)C(=O)[C@H](Cc2cccc(C#N)c2)N2C(=O)[C@H](CC[C@H]2O)NC(=O)[C@H](C2CC2)NC(=O)[C@@H](NC(=O)[C@H](C)NC(=O)[C@H](C)NC(=O)OCc2ccccc2)[C@@H](C)OC1=O. The van der Waals surface area contributed by atoms with Crippen LogP contribution in [0.15, 0.2) is 84.9 Å². The number of nitrogens with one attached hydrogen (secondary N) is 6. The molecular formula is C53H65N9O12. The minimum Gasteiger partial charge on any atom is -0.458 e. The third-order valence-electron chi connectivity index (χ3n) is 13.3. The van der Waals surface area contributed by atoms with Gasteiger partial charge in [-0.15, -0.1) is 0 Å². The highest BCUT2D eigenvalue weighted by Crippen LogP contribution is 2.33. The van der Waals surface area contributed by atoms with Crippen LogP contribution in [0.3, 0.4) is 0 Å². The van der Waals surface area contributed by atoms with Gasteiger partial charge >= 0.3 is 12.1 Å². The van der Waals surface area contributed by atoms with Gasteiger partial charge in [0.25, 0.3) is 0 Å². The molecule has 21 nitrogen and oxygen atoms in total. The molecule has 3 aromatic carbocycles. The van der Waals surface area contributed by atoms with Crippen LogP contribution in [-0.2, 0) is 67.3 Å². The number of carbonyl (C=O) groups is 9. The zero-order valence-corrected chi connectivity index (χ0v) is 42.2. The number of cyclic esters (lactones) is 1. The lowest BCUT2D eigenvalue weighted by Gasteiger charge is -2.43. The number of carbonyl (C=O) groups excluding carboxylic acids is 9. The van der Waals surface area contributed by atoms with Gasteiger partial charge in [-0.05, 0) is 87.1 Å². The van der Waals surface area contributed by atoms with Gasteiger partial charge in [-0.1, -0.05) is 86.6 Å². The van der Waals surface area contributed by atoms with Crippen LogP contribution in [-0.4, -0.2) is 136 Å². The molecular weight excluding hydrogens is 955 g/mol. The molecule has 7 N–H and O–H groups in total. The minimum atomic E-state index is -1.72. The number of nitrogens with zero attached hydrogens (tertiary/aromatic N) is 3. The molecule has 0 unspecified atom stereocenters. The van der Waals surface area contributed by atoms with Crippen molar-refractivity contribution in [3.8, 4) is 6.07 Å². The van der Waals surface area contributed by atoms with Gasteiger partial charge in [0, 0.05) is 19.9 Å². The number of amides is 8. The minimum absolute atomic E-state index is 0.0534. The van der Waals surface area contributed by atoms with E-state index in [9.17, 15) is 48.7 Å². The molecule has 6 rings (SSSR count). The van der Waals surface area contributed by atoms with Gasteiger partial charge in [0.15, 0.2) is 0 Å². The van der Waals surface area contributed by atoms with Crippen LogP contribution in [0.4, 0.5) is 4.79 Å². The molecule has 1 aliphatic carbocycles. The summed E-state index contributed by atoms with van der Waals surface area (Å²) in [4.78, 5) is 129. The van der Waals surface area contributed by atoms with E-state index in [1.807, 2.05) is 0 Å². The number of fused-ring (bicyclic) bond motifs is 2. The molecule has 3 aromatic rings. The van der Waals surface area contributed by atoms with Crippen molar-refractivity contribution in [2.24, 2.45) is 11.8 Å². The number of benzene rings is 3. The van der Waals surface area contributed by atoms with Crippen molar-refractivity contribution >= 4 is 53.4 Å². The monoisotopic (exact) mass is 1020 g/mol. The van der Waals surface area contributed by atoms with Crippen LogP contribution in [0, 0.1) is 23.2 Å². The molecule has 74 heavy (non-hydrogen) atoms. The number of piperidine rings is 1. The first kappa shape index (κ1) is 55.5. The van der Waals surface area contributed by atoms with Gasteiger partial charge in [0.05, 0.1) is 11.6 Å². The van der Waals surface area contributed by atoms with Crippen molar-refractivity contribution in [1.82, 2.24) is 41.7 Å². The Labute approximate surface area is 429 Å². The number of likely N-dealkylation sites (N-methyl/N-ethyl adjacent to an activating group) is 1. The zero-order chi connectivity index (χ0) is 53.8. The Balaban J connectivity index is 1.31. The number of nitriles is 1. The highest BCUT2D eigenvalue weighted by molar-refractivity contribution is 5.99. The molecule has 394 valence electrons. The fraction of sp³-hybridized carbons (Fsp3) is 0.472. The van der Waals surface area contributed by atoms with Gasteiger partial charge in [-0.25, -0.2) is 9.59 Å². The summed E-state index contributed by atoms with van der Waals surface area (Å²) in [6, 6.07) is 15.0. The number of esters is 1. The number of aliphatic hydroxyl groups excluding tert-OH is 1. The molecule has 2 heterocycles. The largest absolute Gasteiger partial charge is 0.458 e. The van der Waals surface area contributed by atoms with E-state index in [4.69, 9.17) is 9.47 Å². The average molecular weight is 1020 g/mol.